The minimum atomic E-state index is -3.66. The maximum atomic E-state index is 12.8. The Morgan fingerprint density at radius 2 is 1.81 bits per heavy atom. The number of fused-ring (bicyclic) bond motifs is 1. The summed E-state index contributed by atoms with van der Waals surface area (Å²) in [5, 5.41) is 9.29. The standard InChI is InChI=1S/C13H23N3O4S/c17-13(18)12-5-1-2-7-16(12)21(19,20)15-9-8-14-6-3-4-11(14)10-15/h11-12H,1-10H2,(H,17,18). The SMILES string of the molecule is O=C(O)C1CCCCN1S(=O)(=O)N1CCN2CCCC2C1. The van der Waals surface area contributed by atoms with Crippen molar-refractivity contribution in [3.8, 4) is 0 Å². The van der Waals surface area contributed by atoms with E-state index in [2.05, 4.69) is 4.90 Å². The van der Waals surface area contributed by atoms with Gasteiger partial charge in [-0.1, -0.05) is 0 Å². The normalized spacial score (nSPS) is 33.0. The number of piperazine rings is 1. The summed E-state index contributed by atoms with van der Waals surface area (Å²) in [6.07, 6.45) is 4.10. The van der Waals surface area contributed by atoms with Gasteiger partial charge < -0.3 is 5.11 Å². The smallest absolute Gasteiger partial charge is 0.322 e. The minimum Gasteiger partial charge on any atom is -0.480 e. The average Bonchev–Trinajstić information content (AvgIpc) is 2.94. The lowest BCUT2D eigenvalue weighted by Gasteiger charge is -2.41. The van der Waals surface area contributed by atoms with Crippen LogP contribution in [0.4, 0.5) is 0 Å². The summed E-state index contributed by atoms with van der Waals surface area (Å²) in [5.74, 6) is -1.03. The Morgan fingerprint density at radius 1 is 1.00 bits per heavy atom. The Morgan fingerprint density at radius 3 is 2.57 bits per heavy atom. The summed E-state index contributed by atoms with van der Waals surface area (Å²) in [7, 11) is -3.66. The Kier molecular flexibility index (Phi) is 4.22. The van der Waals surface area contributed by atoms with Crippen molar-refractivity contribution in [3.05, 3.63) is 0 Å². The highest BCUT2D eigenvalue weighted by molar-refractivity contribution is 7.86. The largest absolute Gasteiger partial charge is 0.480 e. The van der Waals surface area contributed by atoms with E-state index in [1.54, 1.807) is 0 Å². The Hall–Kier alpha value is -0.700. The van der Waals surface area contributed by atoms with Crippen molar-refractivity contribution in [2.75, 3.05) is 32.7 Å². The third kappa shape index (κ3) is 2.81. The summed E-state index contributed by atoms with van der Waals surface area (Å²) in [5.41, 5.74) is 0. The van der Waals surface area contributed by atoms with E-state index < -0.39 is 22.2 Å². The van der Waals surface area contributed by atoms with Crippen LogP contribution in [0.25, 0.3) is 0 Å². The fraction of sp³-hybridized carbons (Fsp3) is 0.923. The fourth-order valence-electron chi connectivity index (χ4n) is 3.75. The summed E-state index contributed by atoms with van der Waals surface area (Å²) in [6, 6.07) is -0.591. The predicted octanol–water partition coefficient (Wildman–Crippen LogP) is -0.0497. The van der Waals surface area contributed by atoms with Crippen molar-refractivity contribution < 1.29 is 18.3 Å². The van der Waals surface area contributed by atoms with E-state index in [0.717, 1.165) is 38.8 Å². The van der Waals surface area contributed by atoms with Gasteiger partial charge in [0.2, 0.25) is 0 Å². The molecular weight excluding hydrogens is 294 g/mol. The predicted molar refractivity (Wildman–Crippen MR) is 77.1 cm³/mol. The molecule has 0 amide bonds. The number of carboxylic acid groups (broad SMARTS) is 1. The average molecular weight is 317 g/mol. The van der Waals surface area contributed by atoms with Gasteiger partial charge in [-0.05, 0) is 38.6 Å². The second-order valence-corrected chi connectivity index (χ2v) is 8.04. The summed E-state index contributed by atoms with van der Waals surface area (Å²) in [4.78, 5) is 13.7. The highest BCUT2D eigenvalue weighted by atomic mass is 32.2. The molecule has 3 aliphatic heterocycles. The Balaban J connectivity index is 1.77. The van der Waals surface area contributed by atoms with Gasteiger partial charge in [-0.2, -0.15) is 17.0 Å². The molecule has 0 aromatic carbocycles. The number of carbonyl (C=O) groups is 1. The van der Waals surface area contributed by atoms with E-state index in [4.69, 9.17) is 0 Å². The molecule has 21 heavy (non-hydrogen) atoms. The molecule has 1 N–H and O–H groups in total. The first-order valence-corrected chi connectivity index (χ1v) is 9.13. The van der Waals surface area contributed by atoms with Crippen molar-refractivity contribution in [2.24, 2.45) is 0 Å². The number of piperidine rings is 1. The van der Waals surface area contributed by atoms with Crippen LogP contribution in [0.5, 0.6) is 0 Å². The fourth-order valence-corrected chi connectivity index (χ4v) is 5.59. The summed E-state index contributed by atoms with van der Waals surface area (Å²) >= 11 is 0. The molecule has 0 bridgehead atoms. The molecule has 0 saturated carbocycles. The van der Waals surface area contributed by atoms with Crippen LogP contribution in [0.1, 0.15) is 32.1 Å². The quantitative estimate of drug-likeness (QED) is 0.789. The van der Waals surface area contributed by atoms with Crippen LogP contribution in [0.15, 0.2) is 0 Å². The van der Waals surface area contributed by atoms with E-state index in [1.165, 1.54) is 8.61 Å². The number of rotatable bonds is 3. The van der Waals surface area contributed by atoms with Gasteiger partial charge in [0.1, 0.15) is 6.04 Å². The molecule has 3 fully saturated rings. The van der Waals surface area contributed by atoms with Gasteiger partial charge in [-0.25, -0.2) is 0 Å². The molecule has 2 atom stereocenters. The van der Waals surface area contributed by atoms with Gasteiger partial charge in [0, 0.05) is 32.2 Å². The molecule has 7 nitrogen and oxygen atoms in total. The van der Waals surface area contributed by atoms with Gasteiger partial charge in [-0.15, -0.1) is 0 Å². The van der Waals surface area contributed by atoms with Crippen molar-refractivity contribution in [2.45, 2.75) is 44.2 Å². The molecule has 0 spiro atoms. The molecule has 3 rings (SSSR count). The molecule has 8 heteroatoms. The van der Waals surface area contributed by atoms with Gasteiger partial charge in [-0.3, -0.25) is 9.69 Å². The number of hydrogen-bond acceptors (Lipinski definition) is 4. The monoisotopic (exact) mass is 317 g/mol. The van der Waals surface area contributed by atoms with Crippen molar-refractivity contribution in [1.82, 2.24) is 13.5 Å². The molecule has 2 unspecified atom stereocenters. The highest BCUT2D eigenvalue weighted by Gasteiger charge is 2.43. The van der Waals surface area contributed by atoms with Crippen LogP contribution < -0.4 is 0 Å². The molecule has 3 heterocycles. The number of carboxylic acids is 1. The van der Waals surface area contributed by atoms with Gasteiger partial charge in [0.25, 0.3) is 10.2 Å². The van der Waals surface area contributed by atoms with E-state index in [1.807, 2.05) is 0 Å². The summed E-state index contributed by atoms with van der Waals surface area (Å²) < 4.78 is 28.3. The topological polar surface area (TPSA) is 81.2 Å². The molecule has 0 aliphatic carbocycles. The van der Waals surface area contributed by atoms with Crippen LogP contribution in [0.3, 0.4) is 0 Å². The second kappa shape index (κ2) is 5.83. The molecular formula is C13H23N3O4S. The van der Waals surface area contributed by atoms with Crippen LogP contribution in [0, 0.1) is 0 Å². The number of hydrogen-bond donors (Lipinski definition) is 1. The molecule has 120 valence electrons. The lowest BCUT2D eigenvalue weighted by Crippen LogP contribution is -2.59. The van der Waals surface area contributed by atoms with Crippen molar-refractivity contribution in [3.63, 3.8) is 0 Å². The van der Waals surface area contributed by atoms with E-state index in [9.17, 15) is 18.3 Å². The Bertz CT molecular complexity index is 510. The van der Waals surface area contributed by atoms with Crippen molar-refractivity contribution in [1.29, 1.82) is 0 Å². The van der Waals surface area contributed by atoms with E-state index >= 15 is 0 Å². The number of aliphatic carboxylic acids is 1. The molecule has 3 saturated heterocycles. The first kappa shape index (κ1) is 15.2. The van der Waals surface area contributed by atoms with Gasteiger partial charge in [0.15, 0.2) is 0 Å². The first-order valence-electron chi connectivity index (χ1n) is 7.74. The molecule has 0 radical (unpaired) electrons. The van der Waals surface area contributed by atoms with Gasteiger partial charge in [0.05, 0.1) is 0 Å². The third-order valence-electron chi connectivity index (χ3n) is 4.91. The second-order valence-electron chi connectivity index (χ2n) is 6.16. The Labute approximate surface area is 125 Å². The lowest BCUT2D eigenvalue weighted by molar-refractivity contribution is -0.142. The summed E-state index contributed by atoms with van der Waals surface area (Å²) in [6.45, 7) is 3.12. The highest BCUT2D eigenvalue weighted by Crippen LogP contribution is 2.27. The van der Waals surface area contributed by atoms with Crippen LogP contribution >= 0.6 is 0 Å². The van der Waals surface area contributed by atoms with Crippen LogP contribution in [-0.4, -0.2) is 77.8 Å². The van der Waals surface area contributed by atoms with Gasteiger partial charge >= 0.3 is 5.97 Å². The zero-order valence-corrected chi connectivity index (χ0v) is 13.0. The molecule has 0 aromatic rings. The maximum Gasteiger partial charge on any atom is 0.322 e. The van der Waals surface area contributed by atoms with Crippen LogP contribution in [0.2, 0.25) is 0 Å². The van der Waals surface area contributed by atoms with E-state index in [-0.39, 0.29) is 0 Å². The van der Waals surface area contributed by atoms with Crippen LogP contribution in [-0.2, 0) is 15.0 Å². The first-order chi connectivity index (χ1) is 10.00. The number of nitrogens with zero attached hydrogens (tertiary/aromatic N) is 3. The zero-order valence-electron chi connectivity index (χ0n) is 12.1. The third-order valence-corrected chi connectivity index (χ3v) is 6.93. The minimum absolute atomic E-state index is 0.307. The van der Waals surface area contributed by atoms with E-state index in [0.29, 0.717) is 32.1 Å². The van der Waals surface area contributed by atoms with Crippen molar-refractivity contribution >= 4 is 16.2 Å². The zero-order chi connectivity index (χ0) is 15.0. The molecule has 3 aliphatic rings. The lowest BCUT2D eigenvalue weighted by atomic mass is 10.1. The maximum absolute atomic E-state index is 12.8. The molecule has 0 aromatic heterocycles.